The maximum atomic E-state index is 12.0. The number of carboxylic acids is 1. The summed E-state index contributed by atoms with van der Waals surface area (Å²) in [6, 6.07) is -1.40. The lowest BCUT2D eigenvalue weighted by Crippen LogP contribution is -2.49. The van der Waals surface area contributed by atoms with Crippen LogP contribution in [0, 0.1) is 0 Å². The number of aliphatic hydroxyl groups is 1. The molecule has 0 aliphatic carbocycles. The summed E-state index contributed by atoms with van der Waals surface area (Å²) in [5.41, 5.74) is 0. The molecular formula is C12H23N3O4. The molecule has 110 valence electrons. The van der Waals surface area contributed by atoms with Crippen molar-refractivity contribution in [3.63, 3.8) is 0 Å². The Morgan fingerprint density at radius 1 is 1.47 bits per heavy atom. The Labute approximate surface area is 113 Å². The van der Waals surface area contributed by atoms with Gasteiger partial charge in [0.1, 0.15) is 6.04 Å². The molecule has 0 bridgehead atoms. The summed E-state index contributed by atoms with van der Waals surface area (Å²) in [6.45, 7) is 2.79. The Bertz CT molecular complexity index is 335. The maximum Gasteiger partial charge on any atom is 0.326 e. The van der Waals surface area contributed by atoms with Crippen molar-refractivity contribution in [2.24, 2.45) is 0 Å². The number of carboxylic acid groups (broad SMARTS) is 1. The van der Waals surface area contributed by atoms with Crippen molar-refractivity contribution in [1.29, 1.82) is 0 Å². The molecule has 1 unspecified atom stereocenters. The van der Waals surface area contributed by atoms with Crippen molar-refractivity contribution in [3.05, 3.63) is 0 Å². The van der Waals surface area contributed by atoms with Gasteiger partial charge in [0, 0.05) is 19.0 Å². The largest absolute Gasteiger partial charge is 0.480 e. The molecule has 1 aliphatic rings. The van der Waals surface area contributed by atoms with Crippen LogP contribution in [0.4, 0.5) is 4.79 Å². The predicted octanol–water partition coefficient (Wildman–Crippen LogP) is -0.444. The number of aliphatic hydroxyl groups excluding tert-OH is 1. The minimum atomic E-state index is -1.08. The van der Waals surface area contributed by atoms with Gasteiger partial charge >= 0.3 is 12.0 Å². The first kappa shape index (κ1) is 15.7. The second-order valence-corrected chi connectivity index (χ2v) is 5.34. The zero-order valence-corrected chi connectivity index (χ0v) is 11.7. The first-order valence-electron chi connectivity index (χ1n) is 6.44. The minimum absolute atomic E-state index is 0.0397. The standard InChI is InChI=1S/C12H23N3O4/c1-8(4-5-14(2)3)13-12(19)15-7-9(16)6-10(15)11(17)18/h8-10,16H,4-7H2,1-3H3,(H,13,19)(H,17,18)/t8?,9-,10-/m0/s1. The first-order chi connectivity index (χ1) is 8.81. The van der Waals surface area contributed by atoms with Crippen LogP contribution in [0.3, 0.4) is 0 Å². The second-order valence-electron chi connectivity index (χ2n) is 5.34. The lowest BCUT2D eigenvalue weighted by atomic mass is 10.2. The Hall–Kier alpha value is -1.34. The summed E-state index contributed by atoms with van der Waals surface area (Å²) in [4.78, 5) is 26.2. The Kier molecular flexibility index (Phi) is 5.56. The van der Waals surface area contributed by atoms with Crippen LogP contribution >= 0.6 is 0 Å². The molecule has 1 fully saturated rings. The van der Waals surface area contributed by atoms with Crippen LogP contribution in [0.1, 0.15) is 19.8 Å². The van der Waals surface area contributed by atoms with Gasteiger partial charge in [-0.3, -0.25) is 0 Å². The molecule has 3 atom stereocenters. The lowest BCUT2D eigenvalue weighted by Gasteiger charge is -2.24. The highest BCUT2D eigenvalue weighted by molar-refractivity contribution is 5.83. The van der Waals surface area contributed by atoms with Crippen LogP contribution < -0.4 is 5.32 Å². The van der Waals surface area contributed by atoms with E-state index in [0.717, 1.165) is 13.0 Å². The van der Waals surface area contributed by atoms with Gasteiger partial charge in [0.15, 0.2) is 0 Å². The number of nitrogens with one attached hydrogen (secondary N) is 1. The van der Waals surface area contributed by atoms with E-state index in [0.29, 0.717) is 0 Å². The molecule has 7 nitrogen and oxygen atoms in total. The van der Waals surface area contributed by atoms with Crippen LogP contribution in [0.2, 0.25) is 0 Å². The molecule has 0 saturated carbocycles. The summed E-state index contributed by atoms with van der Waals surface area (Å²) in [6.07, 6.45) is 0.116. The van der Waals surface area contributed by atoms with Crippen molar-refractivity contribution < 1.29 is 19.8 Å². The Morgan fingerprint density at radius 3 is 2.63 bits per heavy atom. The van der Waals surface area contributed by atoms with Gasteiger partial charge < -0.3 is 25.3 Å². The molecule has 1 aliphatic heterocycles. The summed E-state index contributed by atoms with van der Waals surface area (Å²) in [5, 5.41) is 21.3. The third-order valence-corrected chi connectivity index (χ3v) is 3.20. The van der Waals surface area contributed by atoms with E-state index in [4.69, 9.17) is 5.11 Å². The van der Waals surface area contributed by atoms with Gasteiger partial charge in [0.2, 0.25) is 0 Å². The number of urea groups is 1. The zero-order valence-electron chi connectivity index (χ0n) is 11.7. The molecule has 0 radical (unpaired) electrons. The number of rotatable bonds is 5. The number of nitrogens with zero attached hydrogens (tertiary/aromatic N) is 2. The fraction of sp³-hybridized carbons (Fsp3) is 0.833. The van der Waals surface area contributed by atoms with E-state index in [1.165, 1.54) is 4.90 Å². The normalized spacial score (nSPS) is 24.6. The minimum Gasteiger partial charge on any atom is -0.480 e. The third-order valence-electron chi connectivity index (χ3n) is 3.20. The van der Waals surface area contributed by atoms with E-state index in [-0.39, 0.29) is 19.0 Å². The molecule has 1 rings (SSSR count). The highest BCUT2D eigenvalue weighted by atomic mass is 16.4. The second kappa shape index (κ2) is 6.72. The number of hydrogen-bond acceptors (Lipinski definition) is 4. The lowest BCUT2D eigenvalue weighted by molar-refractivity contribution is -0.141. The SMILES string of the molecule is CC(CCN(C)C)NC(=O)N1C[C@@H](O)C[C@H]1C(=O)O. The van der Waals surface area contributed by atoms with Gasteiger partial charge in [-0.25, -0.2) is 9.59 Å². The van der Waals surface area contributed by atoms with Gasteiger partial charge in [0.05, 0.1) is 6.10 Å². The monoisotopic (exact) mass is 273 g/mol. The average molecular weight is 273 g/mol. The number of likely N-dealkylation sites (tertiary alicyclic amines) is 1. The first-order valence-corrected chi connectivity index (χ1v) is 6.44. The molecule has 7 heteroatoms. The molecule has 0 spiro atoms. The van der Waals surface area contributed by atoms with Crippen molar-refractivity contribution in [3.8, 4) is 0 Å². The summed E-state index contributed by atoms with van der Waals surface area (Å²) in [7, 11) is 3.90. The number of β-amino-alcohol motifs (C(OH)–C–C–N with tert-alkyl or cyclic N) is 1. The van der Waals surface area contributed by atoms with E-state index in [1.54, 1.807) is 0 Å². The molecule has 1 saturated heterocycles. The quantitative estimate of drug-likeness (QED) is 0.631. The van der Waals surface area contributed by atoms with E-state index in [9.17, 15) is 14.7 Å². The molecule has 2 amide bonds. The summed E-state index contributed by atoms with van der Waals surface area (Å²) >= 11 is 0. The van der Waals surface area contributed by atoms with Gasteiger partial charge in [-0.15, -0.1) is 0 Å². The van der Waals surface area contributed by atoms with Crippen LogP contribution in [-0.2, 0) is 4.79 Å². The summed E-state index contributed by atoms with van der Waals surface area (Å²) in [5.74, 6) is -1.08. The average Bonchev–Trinajstić information content (AvgIpc) is 2.69. The molecular weight excluding hydrogens is 250 g/mol. The topological polar surface area (TPSA) is 93.1 Å². The Morgan fingerprint density at radius 2 is 2.11 bits per heavy atom. The zero-order chi connectivity index (χ0) is 14.6. The number of amides is 2. The molecule has 1 heterocycles. The van der Waals surface area contributed by atoms with Gasteiger partial charge in [0.25, 0.3) is 0 Å². The predicted molar refractivity (Wildman–Crippen MR) is 69.9 cm³/mol. The van der Waals surface area contributed by atoms with Crippen LogP contribution in [0.5, 0.6) is 0 Å². The van der Waals surface area contributed by atoms with Crippen molar-refractivity contribution in [2.45, 2.75) is 38.0 Å². The van der Waals surface area contributed by atoms with Gasteiger partial charge in [-0.2, -0.15) is 0 Å². The number of hydrogen-bond donors (Lipinski definition) is 3. The molecule has 0 aromatic carbocycles. The van der Waals surface area contributed by atoms with Crippen molar-refractivity contribution in [2.75, 3.05) is 27.2 Å². The molecule has 0 aromatic heterocycles. The van der Waals surface area contributed by atoms with Crippen LogP contribution in [0.25, 0.3) is 0 Å². The fourth-order valence-corrected chi connectivity index (χ4v) is 2.09. The van der Waals surface area contributed by atoms with Crippen LogP contribution in [0.15, 0.2) is 0 Å². The Balaban J connectivity index is 2.50. The smallest absolute Gasteiger partial charge is 0.326 e. The highest BCUT2D eigenvalue weighted by Gasteiger charge is 2.39. The van der Waals surface area contributed by atoms with Crippen LogP contribution in [-0.4, -0.2) is 77.4 Å². The number of aliphatic carboxylic acids is 1. The molecule has 3 N–H and O–H groups in total. The molecule has 0 aromatic rings. The van der Waals surface area contributed by atoms with Gasteiger partial charge in [-0.1, -0.05) is 0 Å². The van der Waals surface area contributed by atoms with Gasteiger partial charge in [-0.05, 0) is 34.0 Å². The van der Waals surface area contributed by atoms with E-state index in [1.807, 2.05) is 25.9 Å². The molecule has 19 heavy (non-hydrogen) atoms. The number of carbonyl (C=O) groups is 2. The highest BCUT2D eigenvalue weighted by Crippen LogP contribution is 2.18. The van der Waals surface area contributed by atoms with E-state index >= 15 is 0 Å². The van der Waals surface area contributed by atoms with E-state index < -0.39 is 24.1 Å². The van der Waals surface area contributed by atoms with Crippen molar-refractivity contribution in [1.82, 2.24) is 15.1 Å². The maximum absolute atomic E-state index is 12.0. The van der Waals surface area contributed by atoms with E-state index in [2.05, 4.69) is 5.32 Å². The third kappa shape index (κ3) is 4.68. The number of carbonyl (C=O) groups excluding carboxylic acids is 1. The van der Waals surface area contributed by atoms with Crippen molar-refractivity contribution >= 4 is 12.0 Å². The summed E-state index contributed by atoms with van der Waals surface area (Å²) < 4.78 is 0. The fourth-order valence-electron chi connectivity index (χ4n) is 2.09.